The van der Waals surface area contributed by atoms with Crippen molar-refractivity contribution in [1.29, 1.82) is 0 Å². The summed E-state index contributed by atoms with van der Waals surface area (Å²) < 4.78 is 11.7. The van der Waals surface area contributed by atoms with Gasteiger partial charge in [0.1, 0.15) is 11.3 Å². The molecule has 5 rings (SSSR count). The van der Waals surface area contributed by atoms with E-state index < -0.39 is 0 Å². The fourth-order valence-electron chi connectivity index (χ4n) is 5.32. The number of benzene rings is 1. The summed E-state index contributed by atoms with van der Waals surface area (Å²) in [6.07, 6.45) is 7.46. The first-order valence-electron chi connectivity index (χ1n) is 12.2. The Hall–Kier alpha value is -3.35. The number of nitrogens with one attached hydrogen (secondary N) is 1. The first kappa shape index (κ1) is 22.4. The van der Waals surface area contributed by atoms with Gasteiger partial charge in [0.25, 0.3) is 5.91 Å². The molecule has 0 saturated carbocycles. The molecule has 1 fully saturated rings. The zero-order valence-electron chi connectivity index (χ0n) is 20.1. The molecule has 0 spiro atoms. The van der Waals surface area contributed by atoms with Gasteiger partial charge in [-0.15, -0.1) is 0 Å². The molecule has 1 N–H and O–H groups in total. The Morgan fingerprint density at radius 2 is 1.85 bits per heavy atom. The number of carbonyl (C=O) groups is 2. The predicted octanol–water partition coefficient (Wildman–Crippen LogP) is 4.98. The third-order valence-electron chi connectivity index (χ3n) is 6.92. The van der Waals surface area contributed by atoms with E-state index >= 15 is 0 Å². The number of hydrogen-bond acceptors (Lipinski definition) is 5. The van der Waals surface area contributed by atoms with Gasteiger partial charge < -0.3 is 13.7 Å². The third kappa shape index (κ3) is 4.15. The number of carbonyl (C=O) groups excluding carboxylic acids is 2. The molecular weight excluding hydrogens is 430 g/mol. The lowest BCUT2D eigenvalue weighted by atomic mass is 9.93. The smallest absolute Gasteiger partial charge is 0.289 e. The average Bonchev–Trinajstić information content (AvgIpc) is 3.39. The Bertz CT molecular complexity index is 1290. The summed E-state index contributed by atoms with van der Waals surface area (Å²) in [6.45, 7) is 7.54. The fourth-order valence-corrected chi connectivity index (χ4v) is 5.32. The minimum Gasteiger partial charge on any atom is -0.464 e. The van der Waals surface area contributed by atoms with Crippen LogP contribution < -0.4 is 5.43 Å². The van der Waals surface area contributed by atoms with Crippen LogP contribution in [0.4, 0.5) is 0 Å². The number of fused-ring (bicyclic) bond motifs is 2. The van der Waals surface area contributed by atoms with Crippen LogP contribution in [0.2, 0.25) is 0 Å². The molecule has 3 aromatic rings. The minimum absolute atomic E-state index is 0.0348. The second kappa shape index (κ2) is 9.12. The number of hydrazone groups is 1. The van der Waals surface area contributed by atoms with Crippen LogP contribution in [0.25, 0.3) is 11.0 Å². The largest absolute Gasteiger partial charge is 0.464 e. The number of hydrogen-bond donors (Lipinski definition) is 1. The Morgan fingerprint density at radius 1 is 1.06 bits per heavy atom. The number of aryl methyl sites for hydroxylation is 3. The highest BCUT2D eigenvalue weighted by Crippen LogP contribution is 2.31. The highest BCUT2D eigenvalue weighted by molar-refractivity contribution is 6.06. The Labute approximate surface area is 199 Å². The van der Waals surface area contributed by atoms with E-state index in [1.54, 1.807) is 6.26 Å². The number of amides is 2. The summed E-state index contributed by atoms with van der Waals surface area (Å²) in [5.41, 5.74) is 9.07. The van der Waals surface area contributed by atoms with Crippen molar-refractivity contribution in [2.45, 2.75) is 65.7 Å². The summed E-state index contributed by atoms with van der Waals surface area (Å²) in [5, 5.41) is 5.46. The Balaban J connectivity index is 1.34. The number of furan rings is 2. The zero-order valence-corrected chi connectivity index (χ0v) is 20.1. The van der Waals surface area contributed by atoms with Crippen LogP contribution in [-0.4, -0.2) is 35.5 Å². The van der Waals surface area contributed by atoms with Crippen molar-refractivity contribution < 1.29 is 18.4 Å². The number of nitrogens with zero attached hydrogens (tertiary/aromatic N) is 2. The summed E-state index contributed by atoms with van der Waals surface area (Å²) in [5.74, 6) is 0.980. The molecule has 2 amide bonds. The van der Waals surface area contributed by atoms with Gasteiger partial charge in [0.05, 0.1) is 18.4 Å². The van der Waals surface area contributed by atoms with Crippen LogP contribution in [0.15, 0.2) is 32.3 Å². The lowest BCUT2D eigenvalue weighted by Gasteiger charge is -2.25. The lowest BCUT2D eigenvalue weighted by molar-refractivity contribution is -0.120. The van der Waals surface area contributed by atoms with Gasteiger partial charge >= 0.3 is 0 Å². The molecule has 2 aromatic heterocycles. The summed E-state index contributed by atoms with van der Waals surface area (Å²) in [7, 11) is 0. The first-order chi connectivity index (χ1) is 16.4. The topological polar surface area (TPSA) is 88.0 Å². The molecule has 0 unspecified atom stereocenters. The second-order valence-electron chi connectivity index (χ2n) is 9.55. The van der Waals surface area contributed by atoms with E-state index in [1.807, 2.05) is 31.7 Å². The molecule has 1 aromatic carbocycles. The lowest BCUT2D eigenvalue weighted by Crippen LogP contribution is -2.35. The second-order valence-corrected chi connectivity index (χ2v) is 9.55. The summed E-state index contributed by atoms with van der Waals surface area (Å²) in [6, 6.07) is 4.07. The van der Waals surface area contributed by atoms with E-state index in [1.165, 1.54) is 6.42 Å². The van der Waals surface area contributed by atoms with Gasteiger partial charge in [-0.25, -0.2) is 5.43 Å². The summed E-state index contributed by atoms with van der Waals surface area (Å²) >= 11 is 0. The standard InChI is InChI=1S/C27H31N3O4/c1-16-12-17(2)24-19(15-33-22(24)13-16)14-23(31)29-28-20-8-7-9-21-25(20)18(3)26(34-21)27(32)30-10-5-4-6-11-30/h12-13,15H,4-11,14H2,1-3H3,(H,29,31)/b28-20+. The molecule has 7 heteroatoms. The fraction of sp³-hybridized carbons (Fsp3) is 0.444. The van der Waals surface area contributed by atoms with Crippen molar-refractivity contribution in [1.82, 2.24) is 10.3 Å². The molecule has 0 bridgehead atoms. The number of piperidine rings is 1. The molecular formula is C27H31N3O4. The highest BCUT2D eigenvalue weighted by Gasteiger charge is 2.30. The van der Waals surface area contributed by atoms with Crippen LogP contribution in [-0.2, 0) is 17.6 Å². The molecule has 7 nitrogen and oxygen atoms in total. The normalized spacial score (nSPS) is 17.3. The Kier molecular flexibility index (Phi) is 6.02. The molecule has 34 heavy (non-hydrogen) atoms. The SMILES string of the molecule is Cc1cc(C)c2c(CC(=O)N/N=C3\CCCc4oc(C(=O)N5CCCCC5)c(C)c43)coc2c1. The molecule has 178 valence electrons. The average molecular weight is 462 g/mol. The number of rotatable bonds is 4. The maximum absolute atomic E-state index is 13.1. The molecule has 0 atom stereocenters. The van der Waals surface area contributed by atoms with Crippen molar-refractivity contribution >= 4 is 28.5 Å². The third-order valence-corrected chi connectivity index (χ3v) is 6.92. The quantitative estimate of drug-likeness (QED) is 0.555. The molecule has 0 radical (unpaired) electrons. The van der Waals surface area contributed by atoms with E-state index in [4.69, 9.17) is 8.83 Å². The van der Waals surface area contributed by atoms with Crippen molar-refractivity contribution in [3.8, 4) is 0 Å². The molecule has 3 heterocycles. The van der Waals surface area contributed by atoms with Crippen LogP contribution >= 0.6 is 0 Å². The molecule has 1 aliphatic heterocycles. The van der Waals surface area contributed by atoms with Crippen molar-refractivity contribution in [3.63, 3.8) is 0 Å². The van der Waals surface area contributed by atoms with E-state index in [9.17, 15) is 9.59 Å². The van der Waals surface area contributed by atoms with Gasteiger partial charge in [0.15, 0.2) is 5.76 Å². The van der Waals surface area contributed by atoms with Crippen molar-refractivity contribution in [3.05, 3.63) is 57.7 Å². The maximum Gasteiger partial charge on any atom is 0.289 e. The molecule has 2 aliphatic rings. The van der Waals surface area contributed by atoms with Crippen molar-refractivity contribution in [2.75, 3.05) is 13.1 Å². The minimum atomic E-state index is -0.201. The van der Waals surface area contributed by atoms with E-state index in [0.29, 0.717) is 5.76 Å². The van der Waals surface area contributed by atoms with Crippen LogP contribution in [0.3, 0.4) is 0 Å². The first-order valence-corrected chi connectivity index (χ1v) is 12.2. The van der Waals surface area contributed by atoms with E-state index in [2.05, 4.69) is 16.6 Å². The van der Waals surface area contributed by atoms with E-state index in [-0.39, 0.29) is 18.2 Å². The van der Waals surface area contributed by atoms with Gasteiger partial charge in [0, 0.05) is 41.6 Å². The van der Waals surface area contributed by atoms with Gasteiger partial charge in [-0.3, -0.25) is 9.59 Å². The number of likely N-dealkylation sites (tertiary alicyclic amines) is 1. The van der Waals surface area contributed by atoms with Gasteiger partial charge in [-0.2, -0.15) is 5.10 Å². The molecule has 1 aliphatic carbocycles. The molecule has 1 saturated heterocycles. The van der Waals surface area contributed by atoms with Crippen LogP contribution in [0, 0.1) is 20.8 Å². The van der Waals surface area contributed by atoms with Crippen LogP contribution in [0.5, 0.6) is 0 Å². The van der Waals surface area contributed by atoms with Crippen molar-refractivity contribution in [2.24, 2.45) is 5.10 Å². The van der Waals surface area contributed by atoms with E-state index in [0.717, 1.165) is 95.5 Å². The van der Waals surface area contributed by atoms with Gasteiger partial charge in [-0.05, 0) is 70.1 Å². The highest BCUT2D eigenvalue weighted by atomic mass is 16.4. The summed E-state index contributed by atoms with van der Waals surface area (Å²) in [4.78, 5) is 27.7. The van der Waals surface area contributed by atoms with Crippen LogP contribution in [0.1, 0.15) is 76.2 Å². The monoisotopic (exact) mass is 461 g/mol. The van der Waals surface area contributed by atoms with Gasteiger partial charge in [-0.1, -0.05) is 6.07 Å². The predicted molar refractivity (Wildman–Crippen MR) is 130 cm³/mol. The Morgan fingerprint density at radius 3 is 2.65 bits per heavy atom. The van der Waals surface area contributed by atoms with Gasteiger partial charge in [0.2, 0.25) is 5.91 Å². The zero-order chi connectivity index (χ0) is 23.8. The maximum atomic E-state index is 13.1.